The highest BCUT2D eigenvalue weighted by molar-refractivity contribution is 7.80. The average Bonchev–Trinajstić information content (AvgIpc) is 3.22. The molecule has 2 amide bonds. The van der Waals surface area contributed by atoms with Crippen molar-refractivity contribution in [1.29, 1.82) is 0 Å². The molecule has 9 nitrogen and oxygen atoms in total. The second kappa shape index (κ2) is 13.3. The van der Waals surface area contributed by atoms with Gasteiger partial charge in [-0.1, -0.05) is 42.5 Å². The van der Waals surface area contributed by atoms with Crippen molar-refractivity contribution in [2.24, 2.45) is 5.73 Å². The number of nitrogens with one attached hydrogen (secondary N) is 3. The smallest absolute Gasteiger partial charge is 0.413 e. The zero-order chi connectivity index (χ0) is 27.7. The lowest BCUT2D eigenvalue weighted by Gasteiger charge is -2.20. The van der Waals surface area contributed by atoms with Gasteiger partial charge in [-0.2, -0.15) is 0 Å². The second-order valence-corrected chi connectivity index (χ2v) is 10.5. The minimum absolute atomic E-state index is 0.141. The van der Waals surface area contributed by atoms with Crippen LogP contribution in [0, 0.1) is 0 Å². The van der Waals surface area contributed by atoms with Gasteiger partial charge >= 0.3 is 12.1 Å². The van der Waals surface area contributed by atoms with Crippen molar-refractivity contribution in [1.82, 2.24) is 16.0 Å². The summed E-state index contributed by atoms with van der Waals surface area (Å²) >= 11 is 5.05. The van der Waals surface area contributed by atoms with Crippen molar-refractivity contribution in [3.05, 3.63) is 59.2 Å². The molecule has 0 fully saturated rings. The fourth-order valence-corrected chi connectivity index (χ4v) is 4.27. The summed E-state index contributed by atoms with van der Waals surface area (Å²) in [6.07, 6.45) is 1.34. The molecule has 0 spiro atoms. The molecule has 1 aliphatic rings. The third-order valence-electron chi connectivity index (χ3n) is 5.86. The molecular weight excluding hydrogens is 504 g/mol. The number of benzene rings is 2. The number of carbonyl (C=O) groups is 3. The van der Waals surface area contributed by atoms with Gasteiger partial charge in [0.1, 0.15) is 12.2 Å². The van der Waals surface area contributed by atoms with Crippen LogP contribution in [-0.4, -0.2) is 47.8 Å². The van der Waals surface area contributed by atoms with Crippen molar-refractivity contribution >= 4 is 35.3 Å². The van der Waals surface area contributed by atoms with E-state index in [4.69, 9.17) is 27.4 Å². The Labute approximate surface area is 228 Å². The molecule has 1 unspecified atom stereocenters. The van der Waals surface area contributed by atoms with Crippen LogP contribution < -0.4 is 21.7 Å². The molecule has 0 heterocycles. The first-order chi connectivity index (χ1) is 18.0. The number of alkyl carbamates (subject to hydrolysis) is 1. The van der Waals surface area contributed by atoms with Gasteiger partial charge < -0.3 is 25.8 Å². The summed E-state index contributed by atoms with van der Waals surface area (Å²) in [5.41, 5.74) is 11.1. The molecule has 2 aromatic carbocycles. The van der Waals surface area contributed by atoms with Crippen molar-refractivity contribution in [3.8, 4) is 11.1 Å². The van der Waals surface area contributed by atoms with Crippen molar-refractivity contribution in [2.45, 2.75) is 64.7 Å². The minimum atomic E-state index is -0.989. The molecule has 38 heavy (non-hydrogen) atoms. The third kappa shape index (κ3) is 8.81. The predicted octanol–water partition coefficient (Wildman–Crippen LogP) is 3.31. The number of hydrogen-bond acceptors (Lipinski definition) is 7. The number of carbonyl (C=O) groups excluding carboxylic acids is 3. The minimum Gasteiger partial charge on any atom is -0.461 e. The van der Waals surface area contributed by atoms with E-state index in [1.165, 1.54) is 22.3 Å². The summed E-state index contributed by atoms with van der Waals surface area (Å²) in [6, 6.07) is 13.3. The van der Waals surface area contributed by atoms with Crippen molar-refractivity contribution < 1.29 is 23.9 Å². The van der Waals surface area contributed by atoms with E-state index in [2.05, 4.69) is 34.1 Å². The Morgan fingerprint density at radius 3 is 2.42 bits per heavy atom. The maximum atomic E-state index is 12.3. The number of ether oxygens (including phenoxy) is 2. The zero-order valence-corrected chi connectivity index (χ0v) is 22.9. The maximum Gasteiger partial charge on any atom is 0.413 e. The van der Waals surface area contributed by atoms with E-state index in [9.17, 15) is 14.4 Å². The van der Waals surface area contributed by atoms with Crippen LogP contribution in [0.15, 0.2) is 42.5 Å². The second-order valence-electron chi connectivity index (χ2n) is 10.1. The number of hydrogen-bond donors (Lipinski definition) is 4. The number of thiocarbonyl (C=S) groups is 1. The topological polar surface area (TPSA) is 132 Å². The Bertz CT molecular complexity index is 1180. The first-order valence-corrected chi connectivity index (χ1v) is 13.1. The summed E-state index contributed by atoms with van der Waals surface area (Å²) in [5, 5.41) is 8.25. The van der Waals surface area contributed by atoms with Crippen LogP contribution in [0.3, 0.4) is 0 Å². The van der Waals surface area contributed by atoms with E-state index < -0.39 is 29.6 Å². The van der Waals surface area contributed by atoms with Crippen LogP contribution in [0.1, 0.15) is 56.7 Å². The number of unbranched alkanes of at least 4 members (excludes halogenated alkanes) is 1. The number of rotatable bonds is 10. The maximum absolute atomic E-state index is 12.3. The van der Waals surface area contributed by atoms with E-state index in [1.54, 1.807) is 20.8 Å². The molecule has 0 saturated carbocycles. The number of nitrogens with two attached hydrogens (primary N) is 1. The van der Waals surface area contributed by atoms with Crippen LogP contribution in [0.5, 0.6) is 0 Å². The number of esters is 1. The lowest BCUT2D eigenvalue weighted by atomic mass is 10.0. The molecule has 204 valence electrons. The summed E-state index contributed by atoms with van der Waals surface area (Å²) in [6.45, 7) is 6.34. The molecule has 10 heteroatoms. The molecule has 5 N–H and O–H groups in total. The highest BCUT2D eigenvalue weighted by atomic mass is 32.1. The van der Waals surface area contributed by atoms with Crippen LogP contribution >= 0.6 is 12.2 Å². The molecular formula is C28H36N4O5S. The highest BCUT2D eigenvalue weighted by Crippen LogP contribution is 2.38. The molecule has 0 radical (unpaired) electrons. The first kappa shape index (κ1) is 29.1. The van der Waals surface area contributed by atoms with Gasteiger partial charge in [-0.05, 0) is 80.1 Å². The SMILES string of the molecule is CC(C)(C)OC(=O)NC(=S)NCCCCNC(=O)C(N)CC(=O)OCc1cccc2c1Cc1ccccc1-2. The van der Waals surface area contributed by atoms with Gasteiger partial charge in [0.25, 0.3) is 0 Å². The quantitative estimate of drug-likeness (QED) is 0.175. The summed E-state index contributed by atoms with van der Waals surface area (Å²) < 4.78 is 10.6. The Kier molecular flexibility index (Phi) is 10.2. The highest BCUT2D eigenvalue weighted by Gasteiger charge is 2.22. The lowest BCUT2D eigenvalue weighted by Crippen LogP contribution is -2.43. The lowest BCUT2D eigenvalue weighted by molar-refractivity contribution is -0.146. The van der Waals surface area contributed by atoms with Crippen molar-refractivity contribution in [2.75, 3.05) is 13.1 Å². The standard InChI is InChI=1S/C28H36N4O5S/c1-28(2,3)37-27(35)32-26(38)31-14-7-6-13-30-25(34)23(29)16-24(33)36-17-19-10-8-12-21-20-11-5-4-9-18(20)15-22(19)21/h4-5,8-12,23H,6-7,13-17,29H2,1-3H3,(H,30,34)(H2,31,32,35,38). The summed E-state index contributed by atoms with van der Waals surface area (Å²) in [4.78, 5) is 36.3. The molecule has 0 aliphatic heterocycles. The van der Waals surface area contributed by atoms with Gasteiger partial charge in [0.05, 0.1) is 12.5 Å². The monoisotopic (exact) mass is 540 g/mol. The van der Waals surface area contributed by atoms with Gasteiger partial charge in [-0.3, -0.25) is 14.9 Å². The Morgan fingerprint density at radius 1 is 1.00 bits per heavy atom. The van der Waals surface area contributed by atoms with Crippen LogP contribution in [0.4, 0.5) is 4.79 Å². The number of fused-ring (bicyclic) bond motifs is 3. The predicted molar refractivity (Wildman–Crippen MR) is 149 cm³/mol. The summed E-state index contributed by atoms with van der Waals surface area (Å²) in [5.74, 6) is -0.927. The van der Waals surface area contributed by atoms with E-state index >= 15 is 0 Å². The third-order valence-corrected chi connectivity index (χ3v) is 6.11. The van der Waals surface area contributed by atoms with Gasteiger partial charge in [-0.25, -0.2) is 4.79 Å². The van der Waals surface area contributed by atoms with E-state index in [0.29, 0.717) is 25.9 Å². The molecule has 0 saturated heterocycles. The van der Waals surface area contributed by atoms with Gasteiger partial charge in [0.2, 0.25) is 5.91 Å². The normalized spacial score (nSPS) is 12.5. The van der Waals surface area contributed by atoms with E-state index in [-0.39, 0.29) is 18.1 Å². The van der Waals surface area contributed by atoms with E-state index in [0.717, 1.165) is 12.0 Å². The molecule has 1 atom stereocenters. The van der Waals surface area contributed by atoms with Crippen LogP contribution in [0.25, 0.3) is 11.1 Å². The van der Waals surface area contributed by atoms with Crippen molar-refractivity contribution in [3.63, 3.8) is 0 Å². The Hall–Kier alpha value is -3.50. The fraction of sp³-hybridized carbons (Fsp3) is 0.429. The zero-order valence-electron chi connectivity index (χ0n) is 22.1. The van der Waals surface area contributed by atoms with Gasteiger partial charge in [0.15, 0.2) is 5.11 Å². The Balaban J connectivity index is 1.30. The fourth-order valence-electron chi connectivity index (χ4n) is 4.08. The van der Waals surface area contributed by atoms with Gasteiger partial charge in [-0.15, -0.1) is 0 Å². The molecule has 2 aromatic rings. The molecule has 1 aliphatic carbocycles. The first-order valence-electron chi connectivity index (χ1n) is 12.7. The largest absolute Gasteiger partial charge is 0.461 e. The van der Waals surface area contributed by atoms with Gasteiger partial charge in [0, 0.05) is 13.1 Å². The Morgan fingerprint density at radius 2 is 1.68 bits per heavy atom. The van der Waals surface area contributed by atoms with Crippen LogP contribution in [0.2, 0.25) is 0 Å². The van der Waals surface area contributed by atoms with E-state index in [1.807, 2.05) is 24.3 Å². The van der Waals surface area contributed by atoms with Crippen LogP contribution in [-0.2, 0) is 32.1 Å². The molecule has 0 aromatic heterocycles. The average molecular weight is 541 g/mol. The number of amides is 2. The summed E-state index contributed by atoms with van der Waals surface area (Å²) in [7, 11) is 0. The molecule has 0 bridgehead atoms. The molecule has 3 rings (SSSR count).